The molecule has 1 unspecified atom stereocenters. The van der Waals surface area contributed by atoms with Crippen LogP contribution in [0.15, 0.2) is 18.2 Å². The van der Waals surface area contributed by atoms with Gasteiger partial charge in [-0.15, -0.1) is 0 Å². The van der Waals surface area contributed by atoms with Crippen LogP contribution in [0.2, 0.25) is 0 Å². The SMILES string of the molecule is COc1cc(OCC2CCCNC2)ccc1[N+](=O)[O-]. The minimum atomic E-state index is -0.465. The first-order chi connectivity index (χ1) is 9.20. The molecule has 0 aromatic heterocycles. The molecule has 6 heteroatoms. The Morgan fingerprint density at radius 2 is 2.37 bits per heavy atom. The van der Waals surface area contributed by atoms with Gasteiger partial charge in [-0.1, -0.05) is 0 Å². The number of nitrogens with zero attached hydrogens (tertiary/aromatic N) is 1. The molecule has 1 aromatic carbocycles. The first-order valence-electron chi connectivity index (χ1n) is 6.36. The summed E-state index contributed by atoms with van der Waals surface area (Å²) in [5.41, 5.74) is -0.0471. The summed E-state index contributed by atoms with van der Waals surface area (Å²) in [6, 6.07) is 4.58. The molecule has 1 saturated heterocycles. The van der Waals surface area contributed by atoms with Crippen molar-refractivity contribution in [3.63, 3.8) is 0 Å². The van der Waals surface area contributed by atoms with E-state index in [4.69, 9.17) is 9.47 Å². The number of hydrogen-bond acceptors (Lipinski definition) is 5. The minimum Gasteiger partial charge on any atom is -0.493 e. The van der Waals surface area contributed by atoms with Gasteiger partial charge in [0.25, 0.3) is 0 Å². The average Bonchev–Trinajstić information content (AvgIpc) is 2.45. The highest BCUT2D eigenvalue weighted by molar-refractivity contribution is 5.50. The number of nitrogens with one attached hydrogen (secondary N) is 1. The van der Waals surface area contributed by atoms with Crippen LogP contribution in [0.4, 0.5) is 5.69 Å². The van der Waals surface area contributed by atoms with E-state index in [1.54, 1.807) is 12.1 Å². The van der Waals surface area contributed by atoms with Crippen LogP contribution in [-0.4, -0.2) is 31.7 Å². The van der Waals surface area contributed by atoms with Crippen LogP contribution in [0, 0.1) is 16.0 Å². The number of rotatable bonds is 5. The van der Waals surface area contributed by atoms with Crippen LogP contribution < -0.4 is 14.8 Å². The maximum absolute atomic E-state index is 10.8. The third kappa shape index (κ3) is 3.57. The van der Waals surface area contributed by atoms with Crippen LogP contribution in [0.1, 0.15) is 12.8 Å². The molecule has 0 bridgehead atoms. The molecule has 19 heavy (non-hydrogen) atoms. The van der Waals surface area contributed by atoms with E-state index in [1.807, 2.05) is 0 Å². The molecule has 1 aliphatic heterocycles. The second-order valence-corrected chi connectivity index (χ2v) is 4.61. The van der Waals surface area contributed by atoms with Gasteiger partial charge in [0.15, 0.2) is 0 Å². The lowest BCUT2D eigenvalue weighted by molar-refractivity contribution is -0.385. The molecular formula is C13H18N2O4. The lowest BCUT2D eigenvalue weighted by Gasteiger charge is -2.22. The zero-order valence-corrected chi connectivity index (χ0v) is 10.9. The topological polar surface area (TPSA) is 73.6 Å². The van der Waals surface area contributed by atoms with E-state index in [-0.39, 0.29) is 11.4 Å². The molecule has 6 nitrogen and oxygen atoms in total. The Morgan fingerprint density at radius 1 is 1.53 bits per heavy atom. The fourth-order valence-electron chi connectivity index (χ4n) is 2.18. The van der Waals surface area contributed by atoms with Crippen molar-refractivity contribution in [2.75, 3.05) is 26.8 Å². The lowest BCUT2D eigenvalue weighted by Crippen LogP contribution is -2.33. The first kappa shape index (κ1) is 13.6. The van der Waals surface area contributed by atoms with Crippen LogP contribution in [-0.2, 0) is 0 Å². The highest BCUT2D eigenvalue weighted by atomic mass is 16.6. The molecule has 1 aromatic rings. The van der Waals surface area contributed by atoms with Crippen molar-refractivity contribution in [3.05, 3.63) is 28.3 Å². The molecule has 104 valence electrons. The Morgan fingerprint density at radius 3 is 3.00 bits per heavy atom. The largest absolute Gasteiger partial charge is 0.493 e. The zero-order chi connectivity index (χ0) is 13.7. The fraction of sp³-hybridized carbons (Fsp3) is 0.538. The van der Waals surface area contributed by atoms with Gasteiger partial charge in [0, 0.05) is 24.6 Å². The third-order valence-electron chi connectivity index (χ3n) is 3.23. The minimum absolute atomic E-state index is 0.0471. The van der Waals surface area contributed by atoms with E-state index in [2.05, 4.69) is 5.32 Å². The number of piperidine rings is 1. The molecule has 1 N–H and O–H groups in total. The van der Waals surface area contributed by atoms with E-state index >= 15 is 0 Å². The zero-order valence-electron chi connectivity index (χ0n) is 10.9. The van der Waals surface area contributed by atoms with E-state index in [1.165, 1.54) is 13.2 Å². The summed E-state index contributed by atoms with van der Waals surface area (Å²) < 4.78 is 10.7. The smallest absolute Gasteiger partial charge is 0.311 e. The summed E-state index contributed by atoms with van der Waals surface area (Å²) in [6.07, 6.45) is 2.31. The standard InChI is InChI=1S/C13H18N2O4/c1-18-13-7-11(4-5-12(13)15(16)17)19-9-10-3-2-6-14-8-10/h4-5,7,10,14H,2-3,6,8-9H2,1H3. The summed E-state index contributed by atoms with van der Waals surface area (Å²) in [7, 11) is 1.41. The quantitative estimate of drug-likeness (QED) is 0.651. The van der Waals surface area contributed by atoms with Crippen LogP contribution in [0.5, 0.6) is 11.5 Å². The Hall–Kier alpha value is -1.82. The van der Waals surface area contributed by atoms with E-state index in [9.17, 15) is 10.1 Å². The molecule has 0 radical (unpaired) electrons. The lowest BCUT2D eigenvalue weighted by atomic mass is 10.0. The van der Waals surface area contributed by atoms with Crippen molar-refractivity contribution in [2.24, 2.45) is 5.92 Å². The van der Waals surface area contributed by atoms with E-state index in [0.29, 0.717) is 18.3 Å². The predicted octanol–water partition coefficient (Wildman–Crippen LogP) is 1.98. The Balaban J connectivity index is 1.98. The summed E-state index contributed by atoms with van der Waals surface area (Å²) >= 11 is 0. The molecule has 1 atom stereocenters. The average molecular weight is 266 g/mol. The van der Waals surface area contributed by atoms with Gasteiger partial charge in [-0.25, -0.2) is 0 Å². The normalized spacial score (nSPS) is 18.9. The van der Waals surface area contributed by atoms with Gasteiger partial charge in [0.05, 0.1) is 18.6 Å². The molecule has 1 aliphatic rings. The second kappa shape index (κ2) is 6.38. The van der Waals surface area contributed by atoms with Crippen molar-refractivity contribution >= 4 is 5.69 Å². The Kier molecular flexibility index (Phi) is 4.57. The summed E-state index contributed by atoms with van der Waals surface area (Å²) in [5, 5.41) is 14.1. The second-order valence-electron chi connectivity index (χ2n) is 4.61. The third-order valence-corrected chi connectivity index (χ3v) is 3.23. The van der Waals surface area contributed by atoms with Crippen molar-refractivity contribution < 1.29 is 14.4 Å². The van der Waals surface area contributed by atoms with Crippen molar-refractivity contribution in [1.29, 1.82) is 0 Å². The molecule has 1 fully saturated rings. The molecule has 1 heterocycles. The highest BCUT2D eigenvalue weighted by Gasteiger charge is 2.17. The Bertz CT molecular complexity index is 444. The molecule has 0 saturated carbocycles. The van der Waals surface area contributed by atoms with Gasteiger partial charge in [0.1, 0.15) is 5.75 Å². The van der Waals surface area contributed by atoms with Gasteiger partial charge in [-0.3, -0.25) is 10.1 Å². The molecule has 0 spiro atoms. The number of nitro benzene ring substituents is 1. The maximum atomic E-state index is 10.8. The van der Waals surface area contributed by atoms with Gasteiger partial charge in [-0.05, 0) is 25.5 Å². The Labute approximate surface area is 111 Å². The number of hydrogen-bond donors (Lipinski definition) is 1. The fourth-order valence-corrected chi connectivity index (χ4v) is 2.18. The maximum Gasteiger partial charge on any atom is 0.311 e. The molecular weight excluding hydrogens is 248 g/mol. The van der Waals surface area contributed by atoms with E-state index < -0.39 is 4.92 Å². The van der Waals surface area contributed by atoms with Gasteiger partial charge in [-0.2, -0.15) is 0 Å². The monoisotopic (exact) mass is 266 g/mol. The first-order valence-corrected chi connectivity index (χ1v) is 6.36. The van der Waals surface area contributed by atoms with Crippen LogP contribution >= 0.6 is 0 Å². The number of nitro groups is 1. The summed E-state index contributed by atoms with van der Waals surface area (Å²) in [5.74, 6) is 1.33. The number of benzene rings is 1. The summed E-state index contributed by atoms with van der Waals surface area (Å²) in [4.78, 5) is 10.3. The van der Waals surface area contributed by atoms with E-state index in [0.717, 1.165) is 25.9 Å². The van der Waals surface area contributed by atoms with Gasteiger partial charge in [0.2, 0.25) is 5.75 Å². The van der Waals surface area contributed by atoms with Crippen molar-refractivity contribution in [1.82, 2.24) is 5.32 Å². The number of methoxy groups -OCH3 is 1. The van der Waals surface area contributed by atoms with Crippen molar-refractivity contribution in [3.8, 4) is 11.5 Å². The molecule has 0 aliphatic carbocycles. The number of ether oxygens (including phenoxy) is 2. The van der Waals surface area contributed by atoms with Gasteiger partial charge < -0.3 is 14.8 Å². The van der Waals surface area contributed by atoms with Gasteiger partial charge >= 0.3 is 5.69 Å². The highest BCUT2D eigenvalue weighted by Crippen LogP contribution is 2.31. The van der Waals surface area contributed by atoms with Crippen LogP contribution in [0.3, 0.4) is 0 Å². The van der Waals surface area contributed by atoms with Crippen molar-refractivity contribution in [2.45, 2.75) is 12.8 Å². The van der Waals surface area contributed by atoms with Crippen LogP contribution in [0.25, 0.3) is 0 Å². The molecule has 0 amide bonds. The summed E-state index contributed by atoms with van der Waals surface area (Å²) in [6.45, 7) is 2.65. The predicted molar refractivity (Wildman–Crippen MR) is 70.7 cm³/mol. The molecule has 2 rings (SSSR count).